The maximum atomic E-state index is 11.9. The van der Waals surface area contributed by atoms with Gasteiger partial charge >= 0.3 is 0 Å². The van der Waals surface area contributed by atoms with Crippen LogP contribution < -0.4 is 10.1 Å². The molecule has 2 aromatic carbocycles. The van der Waals surface area contributed by atoms with E-state index in [0.717, 1.165) is 16.9 Å². The van der Waals surface area contributed by atoms with Gasteiger partial charge in [0.05, 0.1) is 17.7 Å². The number of nitrogens with one attached hydrogen (secondary N) is 1. The summed E-state index contributed by atoms with van der Waals surface area (Å²) in [4.78, 5) is 22.2. The van der Waals surface area contributed by atoms with Crippen LogP contribution in [0.2, 0.25) is 0 Å². The molecule has 0 bridgehead atoms. The first-order valence-corrected chi connectivity index (χ1v) is 6.88. The van der Waals surface area contributed by atoms with E-state index in [1.165, 1.54) is 18.2 Å². The number of carbonyl (C=O) groups is 1. The molecule has 0 aromatic heterocycles. The van der Waals surface area contributed by atoms with Crippen LogP contribution in [0.15, 0.2) is 48.5 Å². The number of nitro benzene ring substituents is 1. The molecule has 0 heterocycles. The molecule has 0 atom stereocenters. The lowest BCUT2D eigenvalue weighted by Crippen LogP contribution is -2.09. The highest BCUT2D eigenvalue weighted by Gasteiger charge is 2.09. The lowest BCUT2D eigenvalue weighted by atomic mass is 10.1. The molecular formula is C17H16N2O4. The number of rotatable bonds is 5. The number of carbonyl (C=O) groups excluding carboxylic acids is 1. The van der Waals surface area contributed by atoms with Gasteiger partial charge in [0.25, 0.3) is 5.69 Å². The van der Waals surface area contributed by atoms with Gasteiger partial charge in [-0.3, -0.25) is 14.9 Å². The number of methoxy groups -OCH3 is 1. The van der Waals surface area contributed by atoms with Gasteiger partial charge in [-0.25, -0.2) is 0 Å². The van der Waals surface area contributed by atoms with Crippen molar-refractivity contribution in [2.75, 3.05) is 12.4 Å². The first-order valence-electron chi connectivity index (χ1n) is 6.88. The van der Waals surface area contributed by atoms with Crippen molar-refractivity contribution < 1.29 is 14.5 Å². The summed E-state index contributed by atoms with van der Waals surface area (Å²) in [5.41, 5.74) is 1.95. The lowest BCUT2D eigenvalue weighted by Gasteiger charge is -2.06. The molecule has 1 amide bonds. The van der Waals surface area contributed by atoms with Gasteiger partial charge in [0.2, 0.25) is 5.91 Å². The molecule has 0 aliphatic heterocycles. The third-order valence-electron chi connectivity index (χ3n) is 3.23. The van der Waals surface area contributed by atoms with E-state index in [1.54, 1.807) is 38.3 Å². The largest absolute Gasteiger partial charge is 0.497 e. The molecule has 2 aromatic rings. The molecule has 0 radical (unpaired) electrons. The highest BCUT2D eigenvalue weighted by molar-refractivity contribution is 6.02. The van der Waals surface area contributed by atoms with Gasteiger partial charge in [-0.2, -0.15) is 0 Å². The third kappa shape index (κ3) is 4.41. The monoisotopic (exact) mass is 312 g/mol. The Morgan fingerprint density at radius 1 is 1.22 bits per heavy atom. The predicted octanol–water partition coefficient (Wildman–Crippen LogP) is 3.56. The Bertz CT molecular complexity index is 752. The van der Waals surface area contributed by atoms with Crippen molar-refractivity contribution in [1.29, 1.82) is 0 Å². The Kier molecular flexibility index (Phi) is 5.09. The summed E-state index contributed by atoms with van der Waals surface area (Å²) < 4.78 is 5.06. The van der Waals surface area contributed by atoms with Crippen molar-refractivity contribution in [3.05, 3.63) is 69.8 Å². The van der Waals surface area contributed by atoms with E-state index in [1.807, 2.05) is 12.1 Å². The van der Waals surface area contributed by atoms with Crippen LogP contribution in [0.1, 0.15) is 11.1 Å². The molecule has 6 nitrogen and oxygen atoms in total. The summed E-state index contributed by atoms with van der Waals surface area (Å²) in [6, 6.07) is 11.6. The van der Waals surface area contributed by atoms with Crippen molar-refractivity contribution in [1.82, 2.24) is 0 Å². The normalized spacial score (nSPS) is 10.5. The Morgan fingerprint density at radius 3 is 2.52 bits per heavy atom. The molecule has 118 valence electrons. The van der Waals surface area contributed by atoms with Crippen LogP contribution in [0.4, 0.5) is 11.4 Å². The van der Waals surface area contributed by atoms with Crippen LogP contribution in [0.25, 0.3) is 6.08 Å². The molecule has 0 aliphatic rings. The Hall–Kier alpha value is -3.15. The fourth-order valence-corrected chi connectivity index (χ4v) is 1.92. The van der Waals surface area contributed by atoms with E-state index in [4.69, 9.17) is 4.74 Å². The summed E-state index contributed by atoms with van der Waals surface area (Å²) >= 11 is 0. The molecule has 6 heteroatoms. The quantitative estimate of drug-likeness (QED) is 0.520. The average molecular weight is 312 g/mol. The van der Waals surface area contributed by atoms with Crippen molar-refractivity contribution in [2.45, 2.75) is 6.92 Å². The number of hydrogen-bond acceptors (Lipinski definition) is 4. The fourth-order valence-electron chi connectivity index (χ4n) is 1.92. The van der Waals surface area contributed by atoms with E-state index in [2.05, 4.69) is 5.32 Å². The summed E-state index contributed by atoms with van der Waals surface area (Å²) in [6.07, 6.45) is 3.03. The van der Waals surface area contributed by atoms with E-state index in [0.29, 0.717) is 5.69 Å². The number of benzene rings is 2. The van der Waals surface area contributed by atoms with Gasteiger partial charge in [0.1, 0.15) is 5.75 Å². The molecule has 0 spiro atoms. The molecule has 0 aliphatic carbocycles. The topological polar surface area (TPSA) is 81.5 Å². The number of ether oxygens (including phenoxy) is 1. The van der Waals surface area contributed by atoms with Gasteiger partial charge < -0.3 is 10.1 Å². The van der Waals surface area contributed by atoms with E-state index in [9.17, 15) is 14.9 Å². The van der Waals surface area contributed by atoms with Crippen molar-refractivity contribution in [2.24, 2.45) is 0 Å². The number of aryl methyl sites for hydroxylation is 1. The zero-order valence-electron chi connectivity index (χ0n) is 12.8. The fraction of sp³-hybridized carbons (Fsp3) is 0.118. The van der Waals surface area contributed by atoms with Crippen LogP contribution in [0.3, 0.4) is 0 Å². The minimum Gasteiger partial charge on any atom is -0.497 e. The smallest absolute Gasteiger partial charge is 0.271 e. The predicted molar refractivity (Wildman–Crippen MR) is 88.5 cm³/mol. The number of non-ortho nitro benzene ring substituents is 1. The molecular weight excluding hydrogens is 296 g/mol. The zero-order chi connectivity index (χ0) is 16.8. The SMILES string of the molecule is COc1ccc(C=CC(=O)Nc2cc([N+](=O)[O-])ccc2C)cc1. The molecule has 2 rings (SSSR count). The Balaban J connectivity index is 2.08. The highest BCUT2D eigenvalue weighted by atomic mass is 16.6. The molecule has 0 saturated heterocycles. The third-order valence-corrected chi connectivity index (χ3v) is 3.23. The second kappa shape index (κ2) is 7.22. The molecule has 0 unspecified atom stereocenters. The van der Waals surface area contributed by atoms with Crippen molar-refractivity contribution in [3.8, 4) is 5.75 Å². The molecule has 0 fully saturated rings. The number of nitrogens with zero attached hydrogens (tertiary/aromatic N) is 1. The van der Waals surface area contributed by atoms with E-state index < -0.39 is 4.92 Å². The first kappa shape index (κ1) is 16.2. The van der Waals surface area contributed by atoms with Crippen molar-refractivity contribution in [3.63, 3.8) is 0 Å². The van der Waals surface area contributed by atoms with Gasteiger partial charge in [0.15, 0.2) is 0 Å². The minimum atomic E-state index is -0.498. The standard InChI is InChI=1S/C17H16N2O4/c1-12-3-7-14(19(21)22)11-16(12)18-17(20)10-6-13-4-8-15(23-2)9-5-13/h3-11H,1-2H3,(H,18,20). The van der Waals surface area contributed by atoms with Gasteiger partial charge in [0, 0.05) is 18.2 Å². The van der Waals surface area contributed by atoms with Gasteiger partial charge in [-0.1, -0.05) is 18.2 Å². The highest BCUT2D eigenvalue weighted by Crippen LogP contribution is 2.22. The van der Waals surface area contributed by atoms with Gasteiger partial charge in [-0.15, -0.1) is 0 Å². The number of nitro groups is 1. The lowest BCUT2D eigenvalue weighted by molar-refractivity contribution is -0.384. The van der Waals surface area contributed by atoms with E-state index >= 15 is 0 Å². The van der Waals surface area contributed by atoms with Crippen LogP contribution in [-0.4, -0.2) is 17.9 Å². The van der Waals surface area contributed by atoms with Crippen LogP contribution >= 0.6 is 0 Å². The summed E-state index contributed by atoms with van der Waals surface area (Å²) in [7, 11) is 1.58. The summed E-state index contributed by atoms with van der Waals surface area (Å²) in [5.74, 6) is 0.378. The number of amides is 1. The molecule has 1 N–H and O–H groups in total. The summed E-state index contributed by atoms with van der Waals surface area (Å²) in [5, 5.41) is 13.4. The second-order valence-electron chi connectivity index (χ2n) is 4.85. The first-order chi connectivity index (χ1) is 11.0. The molecule has 23 heavy (non-hydrogen) atoms. The van der Waals surface area contributed by atoms with Gasteiger partial charge in [-0.05, 0) is 36.3 Å². The van der Waals surface area contributed by atoms with Crippen LogP contribution in [-0.2, 0) is 4.79 Å². The number of anilines is 1. The second-order valence-corrected chi connectivity index (χ2v) is 4.85. The summed E-state index contributed by atoms with van der Waals surface area (Å²) in [6.45, 7) is 1.77. The maximum absolute atomic E-state index is 11.9. The Labute approximate surface area is 133 Å². The molecule has 0 saturated carbocycles. The van der Waals surface area contributed by atoms with Crippen LogP contribution in [0.5, 0.6) is 5.75 Å². The van der Waals surface area contributed by atoms with Crippen LogP contribution in [0, 0.1) is 17.0 Å². The van der Waals surface area contributed by atoms with E-state index in [-0.39, 0.29) is 11.6 Å². The maximum Gasteiger partial charge on any atom is 0.271 e. The minimum absolute atomic E-state index is 0.0648. The van der Waals surface area contributed by atoms with Crippen molar-refractivity contribution >= 4 is 23.4 Å². The Morgan fingerprint density at radius 2 is 1.91 bits per heavy atom. The zero-order valence-corrected chi connectivity index (χ0v) is 12.8. The number of hydrogen-bond donors (Lipinski definition) is 1. The average Bonchev–Trinajstić information content (AvgIpc) is 2.55.